The van der Waals surface area contributed by atoms with E-state index >= 15 is 0 Å². The third kappa shape index (κ3) is 4.40. The van der Waals surface area contributed by atoms with Gasteiger partial charge in [-0.05, 0) is 42.7 Å². The maximum atomic E-state index is 10.2. The molecule has 112 valence electrons. The summed E-state index contributed by atoms with van der Waals surface area (Å²) in [4.78, 5) is 0. The monoisotopic (exact) mass is 295 g/mol. The van der Waals surface area contributed by atoms with Crippen molar-refractivity contribution in [1.29, 1.82) is 0 Å². The zero-order valence-corrected chi connectivity index (χ0v) is 13.2. The smallest absolute Gasteiger partial charge is 0.119 e. The number of hydrogen-bond donors (Lipinski definition) is 2. The quantitative estimate of drug-likeness (QED) is 0.811. The maximum absolute atomic E-state index is 10.2. The van der Waals surface area contributed by atoms with Crippen molar-refractivity contribution in [3.05, 3.63) is 29.8 Å². The Bertz CT molecular complexity index is 413. The van der Waals surface area contributed by atoms with E-state index in [0.29, 0.717) is 12.6 Å². The molecule has 0 saturated heterocycles. The SMILES string of the molecule is CCSC1CCC(NCC(O)c2cccc(OC)c2)C1. The van der Waals surface area contributed by atoms with Crippen molar-refractivity contribution in [2.75, 3.05) is 19.4 Å². The van der Waals surface area contributed by atoms with Crippen LogP contribution in [0.2, 0.25) is 0 Å². The summed E-state index contributed by atoms with van der Waals surface area (Å²) in [6.45, 7) is 2.83. The van der Waals surface area contributed by atoms with Gasteiger partial charge in [0.2, 0.25) is 0 Å². The summed E-state index contributed by atoms with van der Waals surface area (Å²) in [6, 6.07) is 8.21. The molecule has 4 heteroatoms. The molecule has 1 aliphatic carbocycles. The summed E-state index contributed by atoms with van der Waals surface area (Å²) in [7, 11) is 1.65. The molecule has 0 amide bonds. The number of methoxy groups -OCH3 is 1. The lowest BCUT2D eigenvalue weighted by atomic mass is 10.1. The number of aliphatic hydroxyl groups excluding tert-OH is 1. The Morgan fingerprint density at radius 2 is 2.30 bits per heavy atom. The molecule has 3 unspecified atom stereocenters. The number of ether oxygens (including phenoxy) is 1. The summed E-state index contributed by atoms with van der Waals surface area (Å²) >= 11 is 2.06. The van der Waals surface area contributed by atoms with E-state index in [1.807, 2.05) is 24.3 Å². The number of hydrogen-bond acceptors (Lipinski definition) is 4. The molecule has 3 nitrogen and oxygen atoms in total. The number of rotatable bonds is 7. The van der Waals surface area contributed by atoms with Crippen LogP contribution < -0.4 is 10.1 Å². The van der Waals surface area contributed by atoms with Crippen LogP contribution in [0.15, 0.2) is 24.3 Å². The van der Waals surface area contributed by atoms with Gasteiger partial charge in [0.25, 0.3) is 0 Å². The molecule has 3 atom stereocenters. The fourth-order valence-electron chi connectivity index (χ4n) is 2.76. The van der Waals surface area contributed by atoms with Crippen molar-refractivity contribution in [3.8, 4) is 5.75 Å². The normalized spacial score (nSPS) is 23.8. The van der Waals surface area contributed by atoms with E-state index in [0.717, 1.165) is 16.6 Å². The third-order valence-electron chi connectivity index (χ3n) is 3.87. The van der Waals surface area contributed by atoms with Gasteiger partial charge in [-0.15, -0.1) is 0 Å². The Balaban J connectivity index is 1.79. The zero-order chi connectivity index (χ0) is 14.4. The Morgan fingerprint density at radius 1 is 1.45 bits per heavy atom. The van der Waals surface area contributed by atoms with Gasteiger partial charge in [-0.2, -0.15) is 11.8 Å². The van der Waals surface area contributed by atoms with E-state index < -0.39 is 6.10 Å². The number of thioether (sulfide) groups is 1. The van der Waals surface area contributed by atoms with Crippen LogP contribution in [0.25, 0.3) is 0 Å². The Hall–Kier alpha value is -0.710. The number of benzene rings is 1. The van der Waals surface area contributed by atoms with Crippen molar-refractivity contribution in [3.63, 3.8) is 0 Å². The van der Waals surface area contributed by atoms with Gasteiger partial charge >= 0.3 is 0 Å². The van der Waals surface area contributed by atoms with Crippen LogP contribution in [0.4, 0.5) is 0 Å². The predicted octanol–water partition coefficient (Wildman–Crippen LogP) is 2.99. The van der Waals surface area contributed by atoms with Gasteiger partial charge in [0, 0.05) is 17.8 Å². The predicted molar refractivity (Wildman–Crippen MR) is 85.5 cm³/mol. The average Bonchev–Trinajstić information content (AvgIpc) is 2.93. The van der Waals surface area contributed by atoms with Crippen LogP contribution in [0.5, 0.6) is 5.75 Å². The standard InChI is InChI=1S/C16H25NO2S/c1-3-20-15-8-7-13(10-15)17-11-16(18)12-5-4-6-14(9-12)19-2/h4-6,9,13,15-18H,3,7-8,10-11H2,1-2H3. The summed E-state index contributed by atoms with van der Waals surface area (Å²) in [5, 5.41) is 14.5. The molecule has 20 heavy (non-hydrogen) atoms. The van der Waals surface area contributed by atoms with Gasteiger partial charge in [0.1, 0.15) is 5.75 Å². The minimum Gasteiger partial charge on any atom is -0.497 e. The maximum Gasteiger partial charge on any atom is 0.119 e. The lowest BCUT2D eigenvalue weighted by Crippen LogP contribution is -2.31. The van der Waals surface area contributed by atoms with E-state index in [9.17, 15) is 5.11 Å². The minimum atomic E-state index is -0.469. The lowest BCUT2D eigenvalue weighted by molar-refractivity contribution is 0.169. The van der Waals surface area contributed by atoms with Gasteiger partial charge in [0.15, 0.2) is 0 Å². The van der Waals surface area contributed by atoms with Crippen molar-refractivity contribution < 1.29 is 9.84 Å². The first kappa shape index (κ1) is 15.7. The summed E-state index contributed by atoms with van der Waals surface area (Å²) in [5.41, 5.74) is 0.911. The van der Waals surface area contributed by atoms with Crippen LogP contribution in [0, 0.1) is 0 Å². The Morgan fingerprint density at radius 3 is 3.05 bits per heavy atom. The second-order valence-corrected chi connectivity index (χ2v) is 6.87. The number of aliphatic hydroxyl groups is 1. The second kappa shape index (κ2) is 7.91. The van der Waals surface area contributed by atoms with Crippen molar-refractivity contribution >= 4 is 11.8 Å². The summed E-state index contributed by atoms with van der Waals surface area (Å²) in [5.74, 6) is 1.99. The third-order valence-corrected chi connectivity index (χ3v) is 5.10. The summed E-state index contributed by atoms with van der Waals surface area (Å²) < 4.78 is 5.19. The highest BCUT2D eigenvalue weighted by Crippen LogP contribution is 2.30. The molecule has 2 N–H and O–H groups in total. The molecule has 0 bridgehead atoms. The van der Waals surface area contributed by atoms with Crippen LogP contribution >= 0.6 is 11.8 Å². The van der Waals surface area contributed by atoms with E-state index in [-0.39, 0.29) is 0 Å². The molecule has 0 aliphatic heterocycles. The first-order chi connectivity index (χ1) is 9.72. The molecule has 0 aromatic heterocycles. The van der Waals surface area contributed by atoms with E-state index in [1.165, 1.54) is 25.0 Å². The first-order valence-electron chi connectivity index (χ1n) is 7.40. The molecule has 1 aromatic carbocycles. The Labute approximate surface area is 126 Å². The molecule has 0 heterocycles. The molecule has 1 saturated carbocycles. The van der Waals surface area contributed by atoms with Gasteiger partial charge in [0.05, 0.1) is 13.2 Å². The largest absolute Gasteiger partial charge is 0.497 e. The van der Waals surface area contributed by atoms with E-state index in [1.54, 1.807) is 7.11 Å². The molecule has 0 radical (unpaired) electrons. The molecule has 1 aliphatic rings. The molecular formula is C16H25NO2S. The van der Waals surface area contributed by atoms with Crippen molar-refractivity contribution in [2.24, 2.45) is 0 Å². The molecule has 2 rings (SSSR count). The van der Waals surface area contributed by atoms with Crippen LogP contribution in [-0.4, -0.2) is 35.8 Å². The van der Waals surface area contributed by atoms with Crippen LogP contribution in [0.1, 0.15) is 37.9 Å². The van der Waals surface area contributed by atoms with Crippen LogP contribution in [0.3, 0.4) is 0 Å². The van der Waals surface area contributed by atoms with Crippen molar-refractivity contribution in [2.45, 2.75) is 43.6 Å². The van der Waals surface area contributed by atoms with E-state index in [2.05, 4.69) is 24.0 Å². The highest BCUT2D eigenvalue weighted by molar-refractivity contribution is 7.99. The zero-order valence-electron chi connectivity index (χ0n) is 12.3. The Kier molecular flexibility index (Phi) is 6.20. The van der Waals surface area contributed by atoms with Gasteiger partial charge in [-0.3, -0.25) is 0 Å². The average molecular weight is 295 g/mol. The lowest BCUT2D eigenvalue weighted by Gasteiger charge is -2.17. The second-order valence-electron chi connectivity index (χ2n) is 5.29. The molecular weight excluding hydrogens is 270 g/mol. The van der Waals surface area contributed by atoms with Gasteiger partial charge in [-0.1, -0.05) is 19.1 Å². The summed E-state index contributed by atoms with van der Waals surface area (Å²) in [6.07, 6.45) is 3.28. The van der Waals surface area contributed by atoms with Gasteiger partial charge < -0.3 is 15.2 Å². The number of nitrogens with one attached hydrogen (secondary N) is 1. The molecule has 1 fully saturated rings. The van der Waals surface area contributed by atoms with Crippen LogP contribution in [-0.2, 0) is 0 Å². The minimum absolute atomic E-state index is 0.469. The van der Waals surface area contributed by atoms with Crippen molar-refractivity contribution in [1.82, 2.24) is 5.32 Å². The fourth-order valence-corrected chi connectivity index (χ4v) is 3.90. The highest BCUT2D eigenvalue weighted by atomic mass is 32.2. The highest BCUT2D eigenvalue weighted by Gasteiger charge is 2.24. The van der Waals surface area contributed by atoms with Gasteiger partial charge in [-0.25, -0.2) is 0 Å². The topological polar surface area (TPSA) is 41.5 Å². The van der Waals surface area contributed by atoms with E-state index in [4.69, 9.17) is 4.74 Å². The molecule has 0 spiro atoms. The molecule has 1 aromatic rings. The fraction of sp³-hybridized carbons (Fsp3) is 0.625. The first-order valence-corrected chi connectivity index (χ1v) is 8.44.